The second-order valence-electron chi connectivity index (χ2n) is 3.99. The average Bonchev–Trinajstić information content (AvgIpc) is 2.87. The van der Waals surface area contributed by atoms with Gasteiger partial charge in [0.1, 0.15) is 5.75 Å². The van der Waals surface area contributed by atoms with Crippen LogP contribution in [0.15, 0.2) is 24.3 Å². The summed E-state index contributed by atoms with van der Waals surface area (Å²) in [6.07, 6.45) is 0. The van der Waals surface area contributed by atoms with Crippen LogP contribution >= 0.6 is 11.6 Å². The van der Waals surface area contributed by atoms with E-state index in [1.165, 1.54) is 7.11 Å². The van der Waals surface area contributed by atoms with Crippen LogP contribution in [0.2, 0.25) is 5.02 Å². The van der Waals surface area contributed by atoms with Crippen molar-refractivity contribution in [2.75, 3.05) is 7.11 Å². The van der Waals surface area contributed by atoms with Gasteiger partial charge in [-0.25, -0.2) is 0 Å². The van der Waals surface area contributed by atoms with Crippen molar-refractivity contribution in [2.24, 2.45) is 0 Å². The number of halogens is 1. The van der Waals surface area contributed by atoms with Crippen molar-refractivity contribution >= 4 is 23.3 Å². The number of rotatable bonds is 5. The SMILES string of the molecule is COc1ccccc1CNC(=O)c1n[nH]c([N+](=O)[O-])c1Cl. The molecule has 0 saturated carbocycles. The number of hydrogen-bond donors (Lipinski definition) is 2. The van der Waals surface area contributed by atoms with Gasteiger partial charge in [0, 0.05) is 12.1 Å². The third kappa shape index (κ3) is 3.11. The topological polar surface area (TPSA) is 110 Å². The summed E-state index contributed by atoms with van der Waals surface area (Å²) in [7, 11) is 1.52. The lowest BCUT2D eigenvalue weighted by Crippen LogP contribution is -2.23. The van der Waals surface area contributed by atoms with Gasteiger partial charge in [0.2, 0.25) is 0 Å². The van der Waals surface area contributed by atoms with E-state index in [9.17, 15) is 14.9 Å². The molecule has 1 aromatic heterocycles. The molecule has 0 saturated heterocycles. The Morgan fingerprint density at radius 2 is 2.24 bits per heavy atom. The number of benzene rings is 1. The minimum Gasteiger partial charge on any atom is -0.496 e. The van der Waals surface area contributed by atoms with Gasteiger partial charge in [0.05, 0.1) is 7.11 Å². The Balaban J connectivity index is 2.10. The number of ether oxygens (including phenoxy) is 1. The van der Waals surface area contributed by atoms with Gasteiger partial charge >= 0.3 is 5.82 Å². The van der Waals surface area contributed by atoms with Crippen molar-refractivity contribution in [3.63, 3.8) is 0 Å². The average molecular weight is 311 g/mol. The summed E-state index contributed by atoms with van der Waals surface area (Å²) in [6.45, 7) is 0.180. The molecule has 8 nitrogen and oxygen atoms in total. The lowest BCUT2D eigenvalue weighted by atomic mass is 10.2. The number of methoxy groups -OCH3 is 1. The highest BCUT2D eigenvalue weighted by Crippen LogP contribution is 2.24. The Morgan fingerprint density at radius 3 is 2.86 bits per heavy atom. The van der Waals surface area contributed by atoms with Crippen LogP contribution < -0.4 is 10.1 Å². The molecule has 0 aliphatic carbocycles. The molecule has 0 aliphatic rings. The van der Waals surface area contributed by atoms with E-state index in [1.807, 2.05) is 0 Å². The molecule has 110 valence electrons. The quantitative estimate of drug-likeness (QED) is 0.647. The predicted octanol–water partition coefficient (Wildman–Crippen LogP) is 1.91. The molecular weight excluding hydrogens is 300 g/mol. The van der Waals surface area contributed by atoms with Crippen molar-refractivity contribution in [1.82, 2.24) is 15.5 Å². The molecule has 0 radical (unpaired) electrons. The maximum atomic E-state index is 11.9. The van der Waals surface area contributed by atoms with Crippen LogP contribution in [0.5, 0.6) is 5.75 Å². The van der Waals surface area contributed by atoms with E-state index in [0.29, 0.717) is 5.75 Å². The molecule has 0 fully saturated rings. The fourth-order valence-electron chi connectivity index (χ4n) is 1.70. The van der Waals surface area contributed by atoms with Crippen LogP contribution in [0.4, 0.5) is 5.82 Å². The summed E-state index contributed by atoms with van der Waals surface area (Å²) in [5.41, 5.74) is 0.535. The van der Waals surface area contributed by atoms with Gasteiger partial charge in [-0.1, -0.05) is 34.9 Å². The molecule has 1 aromatic carbocycles. The zero-order valence-corrected chi connectivity index (χ0v) is 11.7. The third-order valence-electron chi connectivity index (χ3n) is 2.72. The second kappa shape index (κ2) is 6.23. The summed E-state index contributed by atoms with van der Waals surface area (Å²) < 4.78 is 5.15. The van der Waals surface area contributed by atoms with E-state index >= 15 is 0 Å². The zero-order chi connectivity index (χ0) is 15.4. The summed E-state index contributed by atoms with van der Waals surface area (Å²) in [6, 6.07) is 7.15. The minimum absolute atomic E-state index is 0.180. The number of nitrogens with zero attached hydrogens (tertiary/aromatic N) is 2. The summed E-state index contributed by atoms with van der Waals surface area (Å²) >= 11 is 5.73. The first-order chi connectivity index (χ1) is 10.0. The number of nitro groups is 1. The van der Waals surface area contributed by atoms with Crippen molar-refractivity contribution < 1.29 is 14.5 Å². The number of amides is 1. The summed E-state index contributed by atoms with van der Waals surface area (Å²) in [4.78, 5) is 21.8. The first-order valence-electron chi connectivity index (χ1n) is 5.83. The standard InChI is InChI=1S/C12H11ClN4O4/c1-21-8-5-3-2-4-7(8)6-14-12(18)10-9(13)11(16-15-10)17(19)20/h2-5H,6H2,1H3,(H,14,18)(H,15,16). The number of H-pyrrole nitrogens is 1. The number of para-hydroxylation sites is 1. The van der Waals surface area contributed by atoms with Gasteiger partial charge in [-0.2, -0.15) is 0 Å². The Hall–Kier alpha value is -2.61. The number of nitrogens with one attached hydrogen (secondary N) is 2. The molecule has 0 bridgehead atoms. The maximum Gasteiger partial charge on any atom is 0.362 e. The lowest BCUT2D eigenvalue weighted by molar-refractivity contribution is -0.389. The van der Waals surface area contributed by atoms with E-state index in [1.54, 1.807) is 24.3 Å². The highest BCUT2D eigenvalue weighted by atomic mass is 35.5. The normalized spacial score (nSPS) is 10.2. The van der Waals surface area contributed by atoms with E-state index < -0.39 is 16.6 Å². The molecule has 0 atom stereocenters. The van der Waals surface area contributed by atoms with Gasteiger partial charge in [-0.3, -0.25) is 4.79 Å². The molecule has 1 heterocycles. The predicted molar refractivity (Wildman–Crippen MR) is 74.4 cm³/mol. The summed E-state index contributed by atoms with van der Waals surface area (Å²) in [5.74, 6) is -0.508. The molecule has 9 heteroatoms. The highest BCUT2D eigenvalue weighted by molar-refractivity contribution is 6.35. The van der Waals surface area contributed by atoms with E-state index in [0.717, 1.165) is 5.56 Å². The first kappa shape index (κ1) is 14.8. The van der Waals surface area contributed by atoms with Gasteiger partial charge in [0.25, 0.3) is 5.91 Å². The molecule has 0 unspecified atom stereocenters. The number of carbonyl (C=O) groups excluding carboxylic acids is 1. The number of hydrogen-bond acceptors (Lipinski definition) is 5. The smallest absolute Gasteiger partial charge is 0.362 e. The fourth-order valence-corrected chi connectivity index (χ4v) is 1.94. The lowest BCUT2D eigenvalue weighted by Gasteiger charge is -2.08. The molecule has 21 heavy (non-hydrogen) atoms. The molecule has 0 spiro atoms. The number of aromatic amines is 1. The molecule has 2 rings (SSSR count). The van der Waals surface area contributed by atoms with Crippen LogP contribution in [-0.2, 0) is 6.54 Å². The maximum absolute atomic E-state index is 11.9. The Bertz CT molecular complexity index is 686. The monoisotopic (exact) mass is 310 g/mol. The molecule has 1 amide bonds. The van der Waals surface area contributed by atoms with Crippen molar-refractivity contribution in [2.45, 2.75) is 6.54 Å². The molecule has 2 aromatic rings. The van der Waals surface area contributed by atoms with Gasteiger partial charge in [0.15, 0.2) is 10.7 Å². The van der Waals surface area contributed by atoms with Gasteiger partial charge in [-0.05, 0) is 11.0 Å². The van der Waals surface area contributed by atoms with Gasteiger partial charge < -0.3 is 20.2 Å². The van der Waals surface area contributed by atoms with Crippen LogP contribution in [-0.4, -0.2) is 28.1 Å². The fraction of sp³-hybridized carbons (Fsp3) is 0.167. The highest BCUT2D eigenvalue weighted by Gasteiger charge is 2.25. The van der Waals surface area contributed by atoms with Crippen molar-refractivity contribution in [1.29, 1.82) is 0 Å². The van der Waals surface area contributed by atoms with Gasteiger partial charge in [-0.15, -0.1) is 5.10 Å². The second-order valence-corrected chi connectivity index (χ2v) is 4.36. The number of aromatic nitrogens is 2. The van der Waals surface area contributed by atoms with E-state index in [-0.39, 0.29) is 17.3 Å². The largest absolute Gasteiger partial charge is 0.496 e. The van der Waals surface area contributed by atoms with Crippen LogP contribution in [0.25, 0.3) is 0 Å². The molecular formula is C12H11ClN4O4. The zero-order valence-electron chi connectivity index (χ0n) is 10.9. The minimum atomic E-state index is -0.744. The van der Waals surface area contributed by atoms with Crippen LogP contribution in [0.1, 0.15) is 16.1 Å². The van der Waals surface area contributed by atoms with Crippen molar-refractivity contribution in [3.05, 3.63) is 50.7 Å². The van der Waals surface area contributed by atoms with E-state index in [4.69, 9.17) is 16.3 Å². The molecule has 0 aliphatic heterocycles. The van der Waals surface area contributed by atoms with Crippen LogP contribution in [0, 0.1) is 10.1 Å². The van der Waals surface area contributed by atoms with E-state index in [2.05, 4.69) is 15.5 Å². The number of carbonyl (C=O) groups is 1. The Kier molecular flexibility index (Phi) is 4.39. The first-order valence-corrected chi connectivity index (χ1v) is 6.20. The molecule has 2 N–H and O–H groups in total. The summed E-state index contributed by atoms with van der Waals surface area (Å²) in [5, 5.41) is 18.5. The Morgan fingerprint density at radius 1 is 1.52 bits per heavy atom. The Labute approximate surface area is 124 Å². The third-order valence-corrected chi connectivity index (χ3v) is 3.08. The van der Waals surface area contributed by atoms with Crippen LogP contribution in [0.3, 0.4) is 0 Å². The van der Waals surface area contributed by atoms with Crippen molar-refractivity contribution in [3.8, 4) is 5.75 Å².